The molecule has 0 saturated heterocycles. The van der Waals surface area contributed by atoms with Crippen LogP contribution in [0.1, 0.15) is 58.9 Å². The molecule has 25 heavy (non-hydrogen) atoms. The van der Waals surface area contributed by atoms with Gasteiger partial charge in [0.25, 0.3) is 0 Å². The van der Waals surface area contributed by atoms with Crippen molar-refractivity contribution in [3.8, 4) is 5.88 Å². The lowest BCUT2D eigenvalue weighted by Gasteiger charge is -2.21. The molecule has 1 aromatic rings. The maximum Gasteiger partial charge on any atom is 0.388 e. The van der Waals surface area contributed by atoms with Crippen LogP contribution in [0.4, 0.5) is 13.2 Å². The zero-order valence-corrected chi connectivity index (χ0v) is 15.2. The van der Waals surface area contributed by atoms with Crippen molar-refractivity contribution in [3.05, 3.63) is 29.2 Å². The van der Waals surface area contributed by atoms with Crippen molar-refractivity contribution in [1.29, 1.82) is 0 Å². The Bertz CT molecular complexity index is 628. The van der Waals surface area contributed by atoms with Crippen LogP contribution in [-0.4, -0.2) is 23.3 Å². The summed E-state index contributed by atoms with van der Waals surface area (Å²) in [5.41, 5.74) is 7.99. The average Bonchev–Trinajstić information content (AvgIpc) is 2.57. The molecule has 4 nitrogen and oxygen atoms in total. The Morgan fingerprint density at radius 3 is 2.48 bits per heavy atom. The largest absolute Gasteiger partial charge is 0.417 e. The number of nitrogens with two attached hydrogens (primary N) is 1. The molecule has 140 valence electrons. The predicted molar refractivity (Wildman–Crippen MR) is 94.3 cm³/mol. The minimum atomic E-state index is -3.03. The summed E-state index contributed by atoms with van der Waals surface area (Å²) in [4.78, 5) is 8.04. The fourth-order valence-corrected chi connectivity index (χ4v) is 2.58. The van der Waals surface area contributed by atoms with E-state index in [9.17, 15) is 13.2 Å². The molecule has 0 aromatic carbocycles. The van der Waals surface area contributed by atoms with Gasteiger partial charge in [-0.2, -0.15) is 8.78 Å². The molecule has 2 N–H and O–H groups in total. The van der Waals surface area contributed by atoms with Crippen LogP contribution >= 0.6 is 0 Å². The number of alkyl halides is 2. The summed E-state index contributed by atoms with van der Waals surface area (Å²) in [7, 11) is 0. The second-order valence-electron chi connectivity index (χ2n) is 5.65. The molecule has 1 aromatic heterocycles. The van der Waals surface area contributed by atoms with Crippen molar-refractivity contribution in [2.24, 2.45) is 10.7 Å². The first-order chi connectivity index (χ1) is 11.9. The normalized spacial score (nSPS) is 18.2. The lowest BCUT2D eigenvalue weighted by molar-refractivity contribution is -0.0529. The quantitative estimate of drug-likeness (QED) is 0.830. The maximum atomic E-state index is 14.0. The van der Waals surface area contributed by atoms with Gasteiger partial charge in [-0.15, -0.1) is 0 Å². The molecule has 0 unspecified atom stereocenters. The van der Waals surface area contributed by atoms with E-state index in [0.29, 0.717) is 6.42 Å². The summed E-state index contributed by atoms with van der Waals surface area (Å²) >= 11 is 0. The Morgan fingerprint density at radius 1 is 1.24 bits per heavy atom. The molecule has 0 atom stereocenters. The number of allylic oxidation sites excluding steroid dienone is 1. The topological polar surface area (TPSA) is 60.5 Å². The van der Waals surface area contributed by atoms with E-state index in [1.165, 1.54) is 0 Å². The number of hydrogen-bond acceptors (Lipinski definition) is 4. The van der Waals surface area contributed by atoms with Gasteiger partial charge in [0.05, 0.1) is 6.20 Å². The Kier molecular flexibility index (Phi) is 8.45. The first kappa shape index (κ1) is 21.0. The van der Waals surface area contributed by atoms with Crippen molar-refractivity contribution < 1.29 is 17.9 Å². The van der Waals surface area contributed by atoms with E-state index in [0.717, 1.165) is 42.8 Å². The van der Waals surface area contributed by atoms with Gasteiger partial charge in [0.1, 0.15) is 0 Å². The Hall–Kier alpha value is -2.05. The Balaban J connectivity index is 0.00000151. The zero-order valence-electron chi connectivity index (χ0n) is 15.2. The first-order valence-corrected chi connectivity index (χ1v) is 8.55. The van der Waals surface area contributed by atoms with Crippen LogP contribution in [0, 0.1) is 5.82 Å². The van der Waals surface area contributed by atoms with Gasteiger partial charge in [-0.25, -0.2) is 9.37 Å². The Labute approximate surface area is 147 Å². The van der Waals surface area contributed by atoms with E-state index in [1.54, 1.807) is 0 Å². The highest BCUT2D eigenvalue weighted by molar-refractivity contribution is 6.06. The first-order valence-electron chi connectivity index (χ1n) is 8.55. The minimum absolute atomic E-state index is 0.0176. The van der Waals surface area contributed by atoms with Gasteiger partial charge < -0.3 is 10.5 Å². The van der Waals surface area contributed by atoms with Gasteiger partial charge in [0, 0.05) is 29.1 Å². The van der Waals surface area contributed by atoms with E-state index in [-0.39, 0.29) is 23.2 Å². The monoisotopic (exact) mass is 357 g/mol. The molecule has 0 spiro atoms. The van der Waals surface area contributed by atoms with Gasteiger partial charge >= 0.3 is 6.61 Å². The number of aromatic nitrogens is 1. The van der Waals surface area contributed by atoms with E-state index >= 15 is 0 Å². The number of nitrogens with zero attached hydrogens (tertiary/aromatic N) is 2. The van der Waals surface area contributed by atoms with Crippen molar-refractivity contribution in [2.75, 3.05) is 0 Å². The molecular formula is C18H26F3N3O. The number of pyridine rings is 1. The molecule has 1 aliphatic carbocycles. The van der Waals surface area contributed by atoms with Gasteiger partial charge in [0.2, 0.25) is 5.88 Å². The van der Waals surface area contributed by atoms with Crippen LogP contribution in [0.3, 0.4) is 0 Å². The maximum absolute atomic E-state index is 14.0. The third-order valence-electron chi connectivity index (χ3n) is 3.51. The second kappa shape index (κ2) is 10.1. The average molecular weight is 357 g/mol. The van der Waals surface area contributed by atoms with Crippen LogP contribution in [-0.2, 0) is 0 Å². The summed E-state index contributed by atoms with van der Waals surface area (Å²) < 4.78 is 42.9. The van der Waals surface area contributed by atoms with Crippen LogP contribution < -0.4 is 10.5 Å². The second-order valence-corrected chi connectivity index (χ2v) is 5.65. The molecule has 1 fully saturated rings. The summed E-state index contributed by atoms with van der Waals surface area (Å²) in [6, 6.07) is 1.21. The fourth-order valence-electron chi connectivity index (χ4n) is 2.58. The van der Waals surface area contributed by atoms with Crippen LogP contribution in [0.2, 0.25) is 0 Å². The molecule has 0 aliphatic heterocycles. The standard InChI is InChI=1S/C16H20F3N3O.C2H6/c1-9(2)22-13-6-4-3-5-10(13)15(20)11-7-14(23-16(18)19)21-8-12(11)17;1-2/h7-9,16H,3-6,20H2,1-2H3;1-2H3/b15-10-,22-13?;. The number of hydrogen-bond donors (Lipinski definition) is 1. The van der Waals surface area contributed by atoms with Crippen LogP contribution in [0.5, 0.6) is 5.88 Å². The summed E-state index contributed by atoms with van der Waals surface area (Å²) in [6.07, 6.45) is 4.23. The van der Waals surface area contributed by atoms with Gasteiger partial charge in [0.15, 0.2) is 5.82 Å². The molecule has 0 radical (unpaired) electrons. The van der Waals surface area contributed by atoms with Gasteiger partial charge in [-0.3, -0.25) is 4.99 Å². The fraction of sp³-hybridized carbons (Fsp3) is 0.556. The van der Waals surface area contributed by atoms with E-state index in [1.807, 2.05) is 27.7 Å². The lowest BCUT2D eigenvalue weighted by Crippen LogP contribution is -2.17. The molecule has 7 heteroatoms. The zero-order chi connectivity index (χ0) is 19.0. The number of aliphatic imine (C=N–C) groups is 1. The highest BCUT2D eigenvalue weighted by Gasteiger charge is 2.20. The summed E-state index contributed by atoms with van der Waals surface area (Å²) in [5, 5.41) is 0. The lowest BCUT2D eigenvalue weighted by atomic mass is 9.89. The molecular weight excluding hydrogens is 331 g/mol. The summed E-state index contributed by atoms with van der Waals surface area (Å²) in [5.74, 6) is -1.04. The third kappa shape index (κ3) is 6.07. The Morgan fingerprint density at radius 2 is 1.88 bits per heavy atom. The van der Waals surface area contributed by atoms with Gasteiger partial charge in [-0.05, 0) is 45.1 Å². The van der Waals surface area contributed by atoms with Crippen molar-refractivity contribution in [3.63, 3.8) is 0 Å². The van der Waals surface area contributed by atoms with E-state index in [2.05, 4.69) is 14.7 Å². The van der Waals surface area contributed by atoms with E-state index in [4.69, 9.17) is 5.73 Å². The molecule has 0 amide bonds. The van der Waals surface area contributed by atoms with Crippen LogP contribution in [0.25, 0.3) is 5.70 Å². The highest BCUT2D eigenvalue weighted by atomic mass is 19.3. The van der Waals surface area contributed by atoms with Crippen molar-refractivity contribution in [2.45, 2.75) is 66.0 Å². The summed E-state index contributed by atoms with van der Waals surface area (Å²) in [6.45, 7) is 4.89. The van der Waals surface area contributed by atoms with Crippen molar-refractivity contribution >= 4 is 11.4 Å². The molecule has 1 heterocycles. The minimum Gasteiger partial charge on any atom is -0.417 e. The van der Waals surface area contributed by atoms with Crippen LogP contribution in [0.15, 0.2) is 22.8 Å². The van der Waals surface area contributed by atoms with Gasteiger partial charge in [-0.1, -0.05) is 13.8 Å². The number of rotatable bonds is 4. The SMILES string of the molecule is CC.CC(C)N=C1CCCC/C1=C(/N)c1cc(OC(F)F)ncc1F. The molecule has 1 saturated carbocycles. The predicted octanol–water partition coefficient (Wildman–Crippen LogP) is 4.94. The van der Waals surface area contributed by atoms with E-state index < -0.39 is 12.4 Å². The molecule has 1 aliphatic rings. The number of ether oxygens (including phenoxy) is 1. The number of halogens is 3. The van der Waals surface area contributed by atoms with Crippen molar-refractivity contribution in [1.82, 2.24) is 4.98 Å². The molecule has 2 rings (SSSR count). The smallest absolute Gasteiger partial charge is 0.388 e. The molecule has 0 bridgehead atoms. The third-order valence-corrected chi connectivity index (χ3v) is 3.51. The highest BCUT2D eigenvalue weighted by Crippen LogP contribution is 2.29.